The van der Waals surface area contributed by atoms with Gasteiger partial charge >= 0.3 is 0 Å². The summed E-state index contributed by atoms with van der Waals surface area (Å²) in [6, 6.07) is 4.79. The number of rotatable bonds is 4. The molecule has 21 heavy (non-hydrogen) atoms. The van der Waals surface area contributed by atoms with Crippen LogP contribution in [0.3, 0.4) is 0 Å². The molecule has 1 N–H and O–H groups in total. The minimum absolute atomic E-state index is 0.0145. The number of aryl methyl sites for hydroxylation is 1. The second-order valence-electron chi connectivity index (χ2n) is 4.36. The number of hydrogen-bond acceptors (Lipinski definition) is 5. The van der Waals surface area contributed by atoms with Gasteiger partial charge in [-0.1, -0.05) is 12.1 Å². The van der Waals surface area contributed by atoms with Crippen LogP contribution in [0.15, 0.2) is 29.2 Å². The Hall–Kier alpha value is -1.97. The van der Waals surface area contributed by atoms with E-state index in [4.69, 9.17) is 0 Å². The van der Waals surface area contributed by atoms with Crippen molar-refractivity contribution in [1.82, 2.24) is 9.55 Å². The highest BCUT2D eigenvalue weighted by Crippen LogP contribution is 2.28. The first-order valence-corrected chi connectivity index (χ1v) is 7.19. The Morgan fingerprint density at radius 1 is 1.48 bits per heavy atom. The Morgan fingerprint density at radius 3 is 2.81 bits per heavy atom. The van der Waals surface area contributed by atoms with E-state index < -0.39 is 4.92 Å². The molecular weight excluding hydrogens is 387 g/mol. The lowest BCUT2D eigenvalue weighted by Crippen LogP contribution is -2.26. The molecule has 8 heteroatoms. The highest BCUT2D eigenvalue weighted by Gasteiger charge is 2.17. The molecule has 1 aromatic carbocycles. The summed E-state index contributed by atoms with van der Waals surface area (Å²) >= 11 is 1.92. The summed E-state index contributed by atoms with van der Waals surface area (Å²) in [5, 5.41) is 13.9. The molecule has 7 nitrogen and oxygen atoms in total. The summed E-state index contributed by atoms with van der Waals surface area (Å²) in [5.74, 6) is 0.564. The molecule has 0 aliphatic heterocycles. The zero-order valence-corrected chi connectivity index (χ0v) is 13.6. The Labute approximate surface area is 134 Å². The molecule has 0 radical (unpaired) electrons. The van der Waals surface area contributed by atoms with Crippen LogP contribution in [0, 0.1) is 20.6 Å². The molecule has 0 saturated carbocycles. The molecule has 0 atom stereocenters. The number of para-hydroxylation sites is 1. The lowest BCUT2D eigenvalue weighted by molar-refractivity contribution is -0.384. The highest BCUT2D eigenvalue weighted by molar-refractivity contribution is 14.1. The number of nitro benzene ring substituents is 1. The van der Waals surface area contributed by atoms with Crippen molar-refractivity contribution in [2.45, 2.75) is 13.5 Å². The van der Waals surface area contributed by atoms with Crippen LogP contribution in [-0.4, -0.2) is 21.5 Å². The van der Waals surface area contributed by atoms with Crippen molar-refractivity contribution in [1.29, 1.82) is 0 Å². The fraction of sp³-hybridized carbons (Fsp3) is 0.231. The molecule has 0 unspecified atom stereocenters. The zero-order valence-electron chi connectivity index (χ0n) is 11.5. The predicted molar refractivity (Wildman–Crippen MR) is 87.7 cm³/mol. The monoisotopic (exact) mass is 400 g/mol. The maximum absolute atomic E-state index is 12.2. The lowest BCUT2D eigenvalue weighted by atomic mass is 10.1. The van der Waals surface area contributed by atoms with Gasteiger partial charge in [0.1, 0.15) is 11.5 Å². The van der Waals surface area contributed by atoms with Gasteiger partial charge in [0.25, 0.3) is 11.2 Å². The van der Waals surface area contributed by atoms with E-state index in [1.54, 1.807) is 26.1 Å². The number of nitrogens with one attached hydrogen (secondary N) is 1. The average Bonchev–Trinajstić information content (AvgIpc) is 2.47. The van der Waals surface area contributed by atoms with Gasteiger partial charge in [0.15, 0.2) is 0 Å². The van der Waals surface area contributed by atoms with E-state index >= 15 is 0 Å². The van der Waals surface area contributed by atoms with Crippen molar-refractivity contribution in [2.75, 3.05) is 12.4 Å². The van der Waals surface area contributed by atoms with E-state index in [-0.39, 0.29) is 17.8 Å². The van der Waals surface area contributed by atoms with Crippen molar-refractivity contribution < 1.29 is 4.92 Å². The maximum atomic E-state index is 12.2. The summed E-state index contributed by atoms with van der Waals surface area (Å²) in [7, 11) is 1.62. The van der Waals surface area contributed by atoms with Crippen LogP contribution < -0.4 is 10.9 Å². The van der Waals surface area contributed by atoms with E-state index in [9.17, 15) is 14.9 Å². The van der Waals surface area contributed by atoms with Gasteiger partial charge in [0.2, 0.25) is 0 Å². The molecule has 2 aromatic rings. The summed E-state index contributed by atoms with van der Waals surface area (Å²) in [5.41, 5.74) is 0.907. The molecule has 0 saturated heterocycles. The average molecular weight is 400 g/mol. The van der Waals surface area contributed by atoms with Gasteiger partial charge in [0.05, 0.1) is 15.0 Å². The van der Waals surface area contributed by atoms with Crippen molar-refractivity contribution in [3.05, 3.63) is 59.8 Å². The topological polar surface area (TPSA) is 90.1 Å². The molecule has 1 aromatic heterocycles. The van der Waals surface area contributed by atoms with Crippen LogP contribution in [0.2, 0.25) is 0 Å². The van der Waals surface area contributed by atoms with Crippen molar-refractivity contribution >= 4 is 34.0 Å². The van der Waals surface area contributed by atoms with Crippen LogP contribution in [0.5, 0.6) is 0 Å². The molecule has 1 heterocycles. The van der Waals surface area contributed by atoms with Crippen LogP contribution in [0.25, 0.3) is 0 Å². The zero-order chi connectivity index (χ0) is 15.6. The van der Waals surface area contributed by atoms with Crippen LogP contribution in [0.1, 0.15) is 11.4 Å². The van der Waals surface area contributed by atoms with Gasteiger partial charge in [-0.3, -0.25) is 19.5 Å². The van der Waals surface area contributed by atoms with Crippen molar-refractivity contribution in [3.8, 4) is 0 Å². The quantitative estimate of drug-likeness (QED) is 0.483. The predicted octanol–water partition coefficient (Wildman–Crippen LogP) is 2.15. The molecule has 0 amide bonds. The highest BCUT2D eigenvalue weighted by atomic mass is 127. The lowest BCUT2D eigenvalue weighted by Gasteiger charge is -2.13. The Balaban J connectivity index is 2.55. The van der Waals surface area contributed by atoms with Gasteiger partial charge in [0, 0.05) is 24.9 Å². The van der Waals surface area contributed by atoms with Gasteiger partial charge in [-0.25, -0.2) is 4.98 Å². The number of hydrogen-bond donors (Lipinski definition) is 1. The Kier molecular flexibility index (Phi) is 4.56. The van der Waals surface area contributed by atoms with Gasteiger partial charge in [-0.2, -0.15) is 0 Å². The minimum Gasteiger partial charge on any atom is -0.382 e. The molecule has 0 aliphatic carbocycles. The summed E-state index contributed by atoms with van der Waals surface area (Å²) in [4.78, 5) is 26.9. The second-order valence-corrected chi connectivity index (χ2v) is 5.53. The second kappa shape index (κ2) is 6.20. The molecule has 110 valence electrons. The molecule has 2 rings (SSSR count). The smallest absolute Gasteiger partial charge is 0.292 e. The van der Waals surface area contributed by atoms with Gasteiger partial charge in [-0.15, -0.1) is 0 Å². The fourth-order valence-corrected chi connectivity index (χ4v) is 2.50. The normalized spacial score (nSPS) is 10.4. The number of halogens is 1. The summed E-state index contributed by atoms with van der Waals surface area (Å²) < 4.78 is 2.01. The summed E-state index contributed by atoms with van der Waals surface area (Å²) in [6.07, 6.45) is 1.52. The Morgan fingerprint density at radius 2 is 2.19 bits per heavy atom. The van der Waals surface area contributed by atoms with Gasteiger partial charge in [-0.05, 0) is 29.5 Å². The summed E-state index contributed by atoms with van der Waals surface area (Å²) in [6.45, 7) is 1.96. The first-order valence-electron chi connectivity index (χ1n) is 6.11. The van der Waals surface area contributed by atoms with E-state index in [2.05, 4.69) is 10.3 Å². The van der Waals surface area contributed by atoms with E-state index in [0.717, 1.165) is 0 Å². The van der Waals surface area contributed by atoms with E-state index in [0.29, 0.717) is 20.6 Å². The van der Waals surface area contributed by atoms with Crippen LogP contribution in [0.4, 0.5) is 11.4 Å². The standard InChI is InChI=1S/C13H13IN4O3/c1-8-16-6-10(14)13(19)17(8)7-9-4-3-5-11(18(20)21)12(9)15-2/h3-6,15H,7H2,1-2H3. The number of aromatic nitrogens is 2. The first kappa shape index (κ1) is 15.4. The van der Waals surface area contributed by atoms with Crippen molar-refractivity contribution in [2.24, 2.45) is 0 Å². The third-order valence-corrected chi connectivity index (χ3v) is 3.85. The van der Waals surface area contributed by atoms with Gasteiger partial charge < -0.3 is 5.32 Å². The largest absolute Gasteiger partial charge is 0.382 e. The first-order chi connectivity index (χ1) is 9.95. The van der Waals surface area contributed by atoms with E-state index in [1.165, 1.54) is 16.8 Å². The molecule has 0 aliphatic rings. The number of nitro groups is 1. The minimum atomic E-state index is -0.446. The fourth-order valence-electron chi connectivity index (χ4n) is 2.07. The maximum Gasteiger partial charge on any atom is 0.292 e. The third-order valence-electron chi connectivity index (χ3n) is 3.11. The number of anilines is 1. The third kappa shape index (κ3) is 3.04. The molecular formula is C13H13IN4O3. The Bertz CT molecular complexity index is 758. The molecule has 0 spiro atoms. The van der Waals surface area contributed by atoms with Crippen LogP contribution in [-0.2, 0) is 6.54 Å². The number of nitrogens with zero attached hydrogens (tertiary/aromatic N) is 3. The molecule has 0 bridgehead atoms. The van der Waals surface area contributed by atoms with E-state index in [1.807, 2.05) is 22.6 Å². The van der Waals surface area contributed by atoms with Crippen molar-refractivity contribution in [3.63, 3.8) is 0 Å². The molecule has 0 fully saturated rings. The number of benzene rings is 1. The van der Waals surface area contributed by atoms with Crippen LogP contribution >= 0.6 is 22.6 Å². The SMILES string of the molecule is CNc1c(Cn2c(C)ncc(I)c2=O)cccc1[N+](=O)[O-].